The molecule has 0 bridgehead atoms. The van der Waals surface area contributed by atoms with Gasteiger partial charge in [-0.25, -0.2) is 0 Å². The first-order chi connectivity index (χ1) is 13.8. The minimum Gasteiger partial charge on any atom is -0.0845 e. The molecule has 0 N–H and O–H groups in total. The molecular weight excluding hydrogens is 348 g/mol. The Hall–Kier alpha value is -0.260. The van der Waals surface area contributed by atoms with Gasteiger partial charge in [-0.3, -0.25) is 0 Å². The molecule has 0 spiro atoms. The molecule has 4 unspecified atom stereocenters. The molecule has 0 radical (unpaired) electrons. The molecule has 0 saturated heterocycles. The summed E-state index contributed by atoms with van der Waals surface area (Å²) in [5.74, 6) is 6.78. The van der Waals surface area contributed by atoms with Crippen LogP contribution in [0.15, 0.2) is 11.6 Å². The van der Waals surface area contributed by atoms with Gasteiger partial charge in [0.25, 0.3) is 0 Å². The van der Waals surface area contributed by atoms with Crippen molar-refractivity contribution in [3.63, 3.8) is 0 Å². The van der Waals surface area contributed by atoms with Crippen molar-refractivity contribution >= 4 is 0 Å². The predicted molar refractivity (Wildman–Crippen MR) is 127 cm³/mol. The fourth-order valence-corrected chi connectivity index (χ4v) is 9.11. The highest BCUT2D eigenvalue weighted by molar-refractivity contribution is 5.25. The largest absolute Gasteiger partial charge is 0.0845 e. The summed E-state index contributed by atoms with van der Waals surface area (Å²) in [6, 6.07) is 0. The van der Waals surface area contributed by atoms with E-state index in [2.05, 4.69) is 47.6 Å². The summed E-state index contributed by atoms with van der Waals surface area (Å²) >= 11 is 0. The van der Waals surface area contributed by atoms with Crippen molar-refractivity contribution in [3.8, 4) is 0 Å². The Morgan fingerprint density at radius 1 is 0.966 bits per heavy atom. The third kappa shape index (κ3) is 3.78. The third-order valence-electron chi connectivity index (χ3n) is 11.0. The lowest BCUT2D eigenvalue weighted by molar-refractivity contribution is -0.0528. The first-order valence-electron chi connectivity index (χ1n) is 13.5. The van der Waals surface area contributed by atoms with Crippen LogP contribution < -0.4 is 0 Å². The van der Waals surface area contributed by atoms with Crippen LogP contribution >= 0.6 is 0 Å². The van der Waals surface area contributed by atoms with E-state index in [-0.39, 0.29) is 0 Å². The summed E-state index contributed by atoms with van der Waals surface area (Å²) in [6.07, 6.45) is 20.4. The minimum absolute atomic E-state index is 0.552. The molecule has 4 rings (SSSR count). The standard InChI is InChI=1S/C29H50/c1-7-22-15-17-28(5)23(19-22)11-12-24-26-14-13-25(21(4)10-8-9-20(2)3)29(26,6)18-16-27(24)28/h11,20-22,24-27H,7-10,12-19H2,1-6H3/t21-,22-,24?,25?,26?,27?,28-,29+/m0/s1. The molecule has 4 aliphatic carbocycles. The lowest BCUT2D eigenvalue weighted by Gasteiger charge is -2.58. The highest BCUT2D eigenvalue weighted by Crippen LogP contribution is 2.67. The van der Waals surface area contributed by atoms with Gasteiger partial charge in [-0.1, -0.05) is 78.9 Å². The predicted octanol–water partition coefficient (Wildman–Crippen LogP) is 9.05. The molecule has 0 aliphatic heterocycles. The molecule has 0 heterocycles. The molecule has 0 heteroatoms. The van der Waals surface area contributed by atoms with Gasteiger partial charge in [-0.2, -0.15) is 0 Å². The summed E-state index contributed by atoms with van der Waals surface area (Å²) in [4.78, 5) is 0. The molecule has 0 aromatic heterocycles. The zero-order chi connectivity index (χ0) is 20.8. The van der Waals surface area contributed by atoms with Crippen LogP contribution in [0.4, 0.5) is 0 Å². The van der Waals surface area contributed by atoms with Gasteiger partial charge in [-0.05, 0) is 104 Å². The van der Waals surface area contributed by atoms with Gasteiger partial charge in [0.15, 0.2) is 0 Å². The van der Waals surface area contributed by atoms with E-state index in [1.807, 2.05) is 5.57 Å². The van der Waals surface area contributed by atoms with Gasteiger partial charge in [0, 0.05) is 0 Å². The van der Waals surface area contributed by atoms with Gasteiger partial charge >= 0.3 is 0 Å². The molecule has 8 atom stereocenters. The van der Waals surface area contributed by atoms with Crippen molar-refractivity contribution in [1.82, 2.24) is 0 Å². The van der Waals surface area contributed by atoms with Crippen molar-refractivity contribution in [2.75, 3.05) is 0 Å². The van der Waals surface area contributed by atoms with E-state index in [1.165, 1.54) is 77.0 Å². The van der Waals surface area contributed by atoms with Gasteiger partial charge in [0.2, 0.25) is 0 Å². The van der Waals surface area contributed by atoms with Crippen molar-refractivity contribution in [2.24, 2.45) is 52.3 Å². The Balaban J connectivity index is 1.48. The Morgan fingerprint density at radius 3 is 2.48 bits per heavy atom. The number of hydrogen-bond acceptors (Lipinski definition) is 0. The first kappa shape index (κ1) is 22.0. The summed E-state index contributed by atoms with van der Waals surface area (Å²) < 4.78 is 0. The van der Waals surface area contributed by atoms with E-state index in [0.717, 1.165) is 41.4 Å². The molecule has 0 amide bonds. The molecule has 3 fully saturated rings. The van der Waals surface area contributed by atoms with Crippen LogP contribution in [0.25, 0.3) is 0 Å². The molecule has 166 valence electrons. The van der Waals surface area contributed by atoms with Gasteiger partial charge in [-0.15, -0.1) is 0 Å². The second-order valence-corrected chi connectivity index (χ2v) is 12.8. The normalized spacial score (nSPS) is 45.3. The Kier molecular flexibility index (Phi) is 6.32. The molecule has 0 nitrogen and oxygen atoms in total. The fraction of sp³-hybridized carbons (Fsp3) is 0.931. The van der Waals surface area contributed by atoms with Crippen molar-refractivity contribution in [2.45, 2.75) is 119 Å². The van der Waals surface area contributed by atoms with Gasteiger partial charge in [0.05, 0.1) is 0 Å². The van der Waals surface area contributed by atoms with Crippen LogP contribution in [0.1, 0.15) is 119 Å². The fourth-order valence-electron chi connectivity index (χ4n) is 9.11. The lowest BCUT2D eigenvalue weighted by atomic mass is 9.46. The smallest absolute Gasteiger partial charge is 0.00851 e. The zero-order valence-electron chi connectivity index (χ0n) is 20.6. The minimum atomic E-state index is 0.552. The quantitative estimate of drug-likeness (QED) is 0.391. The van der Waals surface area contributed by atoms with Crippen molar-refractivity contribution in [3.05, 3.63) is 11.6 Å². The molecule has 29 heavy (non-hydrogen) atoms. The van der Waals surface area contributed by atoms with E-state index in [4.69, 9.17) is 0 Å². The molecule has 0 aromatic carbocycles. The monoisotopic (exact) mass is 398 g/mol. The SMILES string of the molecule is CC[C@H]1CC[C@@]2(C)C(=CCC3C4CCC([C@@H](C)CCCC(C)C)[C@@]4(C)CCC32)C1. The van der Waals surface area contributed by atoms with Crippen LogP contribution in [0.3, 0.4) is 0 Å². The molecular formula is C29H50. The van der Waals surface area contributed by atoms with E-state index >= 15 is 0 Å². The van der Waals surface area contributed by atoms with Crippen LogP contribution in [0, 0.1) is 52.3 Å². The molecule has 4 aliphatic rings. The maximum absolute atomic E-state index is 2.77. The number of allylic oxidation sites excluding steroid dienone is 2. The Labute approximate surface area is 182 Å². The average molecular weight is 399 g/mol. The summed E-state index contributed by atoms with van der Waals surface area (Å²) in [5, 5.41) is 0. The van der Waals surface area contributed by atoms with Crippen LogP contribution in [-0.2, 0) is 0 Å². The molecule has 3 saturated carbocycles. The molecule has 0 aromatic rings. The van der Waals surface area contributed by atoms with E-state index in [1.54, 1.807) is 0 Å². The second kappa shape index (κ2) is 8.35. The van der Waals surface area contributed by atoms with Crippen LogP contribution in [0.2, 0.25) is 0 Å². The topological polar surface area (TPSA) is 0 Å². The van der Waals surface area contributed by atoms with Crippen molar-refractivity contribution < 1.29 is 0 Å². The second-order valence-electron chi connectivity index (χ2n) is 12.8. The number of hydrogen-bond donors (Lipinski definition) is 0. The van der Waals surface area contributed by atoms with Gasteiger partial charge in [0.1, 0.15) is 0 Å². The maximum atomic E-state index is 2.77. The first-order valence-corrected chi connectivity index (χ1v) is 13.5. The van der Waals surface area contributed by atoms with Crippen molar-refractivity contribution in [1.29, 1.82) is 0 Å². The van der Waals surface area contributed by atoms with E-state index in [9.17, 15) is 0 Å². The van der Waals surface area contributed by atoms with E-state index < -0.39 is 0 Å². The highest BCUT2D eigenvalue weighted by atomic mass is 14.6. The summed E-state index contributed by atoms with van der Waals surface area (Å²) in [6.45, 7) is 15.2. The third-order valence-corrected chi connectivity index (χ3v) is 11.0. The Bertz CT molecular complexity index is 599. The van der Waals surface area contributed by atoms with Crippen LogP contribution in [-0.4, -0.2) is 0 Å². The van der Waals surface area contributed by atoms with Gasteiger partial charge < -0.3 is 0 Å². The lowest BCUT2D eigenvalue weighted by Crippen LogP contribution is -2.50. The highest BCUT2D eigenvalue weighted by Gasteiger charge is 2.58. The van der Waals surface area contributed by atoms with E-state index in [0.29, 0.717) is 10.8 Å². The Morgan fingerprint density at radius 2 is 1.76 bits per heavy atom. The zero-order valence-corrected chi connectivity index (χ0v) is 20.6. The average Bonchev–Trinajstić information content (AvgIpc) is 3.04. The summed E-state index contributed by atoms with van der Waals surface area (Å²) in [5.41, 5.74) is 3.08. The van der Waals surface area contributed by atoms with Crippen LogP contribution in [0.5, 0.6) is 0 Å². The number of rotatable bonds is 6. The number of fused-ring (bicyclic) bond motifs is 5. The maximum Gasteiger partial charge on any atom is -0.00851 e. The summed E-state index contributed by atoms with van der Waals surface area (Å²) in [7, 11) is 0.